The molecular formula is C20H19N5. The molecule has 25 heavy (non-hydrogen) atoms. The van der Waals surface area contributed by atoms with Crippen LogP contribution in [0, 0.1) is 6.92 Å². The van der Waals surface area contributed by atoms with Crippen LogP contribution in [0.4, 0.5) is 5.82 Å². The van der Waals surface area contributed by atoms with Crippen molar-refractivity contribution >= 4 is 11.5 Å². The van der Waals surface area contributed by atoms with Crippen LogP contribution in [0.15, 0.2) is 67.1 Å². The average Bonchev–Trinajstić information content (AvgIpc) is 3.07. The molecule has 0 fully saturated rings. The van der Waals surface area contributed by atoms with Crippen LogP contribution in [0.5, 0.6) is 0 Å². The SMILES string of the molecule is Cc1ccc(CCNc2ccc3ncc(-c4ccncc4)n3n2)cc1. The molecule has 0 bridgehead atoms. The first-order valence-electron chi connectivity index (χ1n) is 8.34. The number of pyridine rings is 1. The third-order valence-electron chi connectivity index (χ3n) is 4.18. The molecule has 0 saturated carbocycles. The summed E-state index contributed by atoms with van der Waals surface area (Å²) in [6.07, 6.45) is 6.35. The van der Waals surface area contributed by atoms with Crippen LogP contribution in [0.25, 0.3) is 16.9 Å². The van der Waals surface area contributed by atoms with E-state index in [1.54, 1.807) is 12.4 Å². The van der Waals surface area contributed by atoms with Gasteiger partial charge in [0.25, 0.3) is 0 Å². The first-order chi connectivity index (χ1) is 12.3. The number of aryl methyl sites for hydroxylation is 1. The van der Waals surface area contributed by atoms with Crippen molar-refractivity contribution < 1.29 is 0 Å². The fraction of sp³-hybridized carbons (Fsp3) is 0.150. The molecule has 0 saturated heterocycles. The zero-order valence-electron chi connectivity index (χ0n) is 14.1. The quantitative estimate of drug-likeness (QED) is 0.606. The summed E-state index contributed by atoms with van der Waals surface area (Å²) in [7, 11) is 0. The number of nitrogens with one attached hydrogen (secondary N) is 1. The van der Waals surface area contributed by atoms with Gasteiger partial charge in [0.15, 0.2) is 5.65 Å². The summed E-state index contributed by atoms with van der Waals surface area (Å²) in [5.74, 6) is 0.841. The van der Waals surface area contributed by atoms with Crippen molar-refractivity contribution in [3.8, 4) is 11.3 Å². The second-order valence-corrected chi connectivity index (χ2v) is 6.03. The van der Waals surface area contributed by atoms with Gasteiger partial charge in [-0.1, -0.05) is 29.8 Å². The molecule has 4 rings (SSSR count). The molecule has 0 aliphatic rings. The molecule has 3 aromatic heterocycles. The molecule has 1 N–H and O–H groups in total. The Balaban J connectivity index is 1.51. The maximum atomic E-state index is 4.68. The summed E-state index contributed by atoms with van der Waals surface area (Å²) in [5.41, 5.74) is 5.44. The minimum absolute atomic E-state index is 0.830. The van der Waals surface area contributed by atoms with Crippen molar-refractivity contribution in [3.05, 3.63) is 78.2 Å². The van der Waals surface area contributed by atoms with Crippen molar-refractivity contribution in [2.45, 2.75) is 13.3 Å². The average molecular weight is 329 g/mol. The molecule has 5 nitrogen and oxygen atoms in total. The van der Waals surface area contributed by atoms with E-state index in [0.717, 1.165) is 35.7 Å². The van der Waals surface area contributed by atoms with Crippen LogP contribution in [-0.2, 0) is 6.42 Å². The molecule has 0 amide bonds. The monoisotopic (exact) mass is 329 g/mol. The predicted molar refractivity (Wildman–Crippen MR) is 99.6 cm³/mol. The van der Waals surface area contributed by atoms with Gasteiger partial charge in [0.05, 0.1) is 11.9 Å². The molecule has 5 heteroatoms. The number of hydrogen-bond donors (Lipinski definition) is 1. The number of aromatic nitrogens is 4. The van der Waals surface area contributed by atoms with Gasteiger partial charge in [-0.3, -0.25) is 4.98 Å². The van der Waals surface area contributed by atoms with E-state index in [2.05, 4.69) is 51.6 Å². The van der Waals surface area contributed by atoms with Gasteiger partial charge in [-0.05, 0) is 43.2 Å². The van der Waals surface area contributed by atoms with E-state index < -0.39 is 0 Å². The highest BCUT2D eigenvalue weighted by atomic mass is 15.3. The zero-order chi connectivity index (χ0) is 17.1. The molecule has 0 unspecified atom stereocenters. The molecular weight excluding hydrogens is 310 g/mol. The lowest BCUT2D eigenvalue weighted by molar-refractivity contribution is 0.920. The molecule has 0 aliphatic heterocycles. The lowest BCUT2D eigenvalue weighted by Crippen LogP contribution is -2.08. The van der Waals surface area contributed by atoms with Gasteiger partial charge in [0.2, 0.25) is 0 Å². The van der Waals surface area contributed by atoms with Crippen LogP contribution >= 0.6 is 0 Å². The molecule has 0 atom stereocenters. The Hall–Kier alpha value is -3.21. The Morgan fingerprint density at radius 1 is 0.960 bits per heavy atom. The normalized spacial score (nSPS) is 10.9. The molecule has 1 aromatic carbocycles. The molecule has 0 aliphatic carbocycles. The number of imidazole rings is 1. The van der Waals surface area contributed by atoms with Crippen LogP contribution < -0.4 is 5.32 Å². The number of nitrogens with zero attached hydrogens (tertiary/aromatic N) is 4. The Morgan fingerprint density at radius 2 is 1.76 bits per heavy atom. The van der Waals surface area contributed by atoms with Crippen LogP contribution in [-0.4, -0.2) is 26.1 Å². The Labute approximate surface area is 146 Å². The van der Waals surface area contributed by atoms with E-state index >= 15 is 0 Å². The highest BCUT2D eigenvalue weighted by Gasteiger charge is 2.07. The van der Waals surface area contributed by atoms with Crippen LogP contribution in [0.2, 0.25) is 0 Å². The first kappa shape index (κ1) is 15.3. The number of benzene rings is 1. The molecule has 124 valence electrons. The number of rotatable bonds is 5. The fourth-order valence-corrected chi connectivity index (χ4v) is 2.78. The van der Waals surface area contributed by atoms with Gasteiger partial charge in [-0.15, -0.1) is 5.10 Å². The second-order valence-electron chi connectivity index (χ2n) is 6.03. The summed E-state index contributed by atoms with van der Waals surface area (Å²) in [6.45, 7) is 2.94. The first-order valence-corrected chi connectivity index (χ1v) is 8.34. The van der Waals surface area contributed by atoms with Crippen molar-refractivity contribution in [1.29, 1.82) is 0 Å². The molecule has 3 heterocycles. The Morgan fingerprint density at radius 3 is 2.56 bits per heavy atom. The van der Waals surface area contributed by atoms with Crippen molar-refractivity contribution in [2.75, 3.05) is 11.9 Å². The van der Waals surface area contributed by atoms with E-state index in [1.165, 1.54) is 11.1 Å². The second kappa shape index (κ2) is 6.73. The molecule has 0 radical (unpaired) electrons. The lowest BCUT2D eigenvalue weighted by Gasteiger charge is -2.07. The summed E-state index contributed by atoms with van der Waals surface area (Å²) >= 11 is 0. The van der Waals surface area contributed by atoms with Crippen molar-refractivity contribution in [2.24, 2.45) is 0 Å². The maximum Gasteiger partial charge on any atom is 0.154 e. The highest BCUT2D eigenvalue weighted by Crippen LogP contribution is 2.19. The van der Waals surface area contributed by atoms with Gasteiger partial charge in [0.1, 0.15) is 5.82 Å². The van der Waals surface area contributed by atoms with Gasteiger partial charge < -0.3 is 5.32 Å². The predicted octanol–water partition coefficient (Wildman–Crippen LogP) is 3.75. The van der Waals surface area contributed by atoms with Crippen molar-refractivity contribution in [3.63, 3.8) is 0 Å². The largest absolute Gasteiger partial charge is 0.368 e. The smallest absolute Gasteiger partial charge is 0.154 e. The third-order valence-corrected chi connectivity index (χ3v) is 4.18. The summed E-state index contributed by atoms with van der Waals surface area (Å²) < 4.78 is 1.86. The number of anilines is 1. The lowest BCUT2D eigenvalue weighted by atomic mass is 10.1. The Bertz CT molecular complexity index is 974. The van der Waals surface area contributed by atoms with Gasteiger partial charge in [-0.2, -0.15) is 0 Å². The molecule has 0 spiro atoms. The van der Waals surface area contributed by atoms with Gasteiger partial charge in [0, 0.05) is 24.5 Å². The van der Waals surface area contributed by atoms with Gasteiger partial charge >= 0.3 is 0 Å². The zero-order valence-corrected chi connectivity index (χ0v) is 14.1. The van der Waals surface area contributed by atoms with E-state index in [4.69, 9.17) is 0 Å². The minimum Gasteiger partial charge on any atom is -0.368 e. The summed E-state index contributed by atoms with van der Waals surface area (Å²) in [4.78, 5) is 8.49. The number of fused-ring (bicyclic) bond motifs is 1. The summed E-state index contributed by atoms with van der Waals surface area (Å²) in [5, 5.41) is 8.08. The number of hydrogen-bond acceptors (Lipinski definition) is 4. The fourth-order valence-electron chi connectivity index (χ4n) is 2.78. The van der Waals surface area contributed by atoms with Crippen LogP contribution in [0.1, 0.15) is 11.1 Å². The molecule has 4 aromatic rings. The minimum atomic E-state index is 0.830. The van der Waals surface area contributed by atoms with E-state index in [-0.39, 0.29) is 0 Å². The van der Waals surface area contributed by atoms with Crippen LogP contribution in [0.3, 0.4) is 0 Å². The standard InChI is InChI=1S/C20H19N5/c1-15-2-4-16(5-3-15)8-13-22-19-6-7-20-23-14-18(25(20)24-19)17-9-11-21-12-10-17/h2-7,9-12,14H,8,13H2,1H3,(H,22,24). The van der Waals surface area contributed by atoms with Gasteiger partial charge in [-0.25, -0.2) is 9.50 Å². The highest BCUT2D eigenvalue weighted by molar-refractivity contribution is 5.63. The topological polar surface area (TPSA) is 55.1 Å². The summed E-state index contributed by atoms with van der Waals surface area (Å²) in [6, 6.07) is 16.5. The van der Waals surface area contributed by atoms with E-state index in [9.17, 15) is 0 Å². The van der Waals surface area contributed by atoms with Crippen molar-refractivity contribution in [1.82, 2.24) is 19.6 Å². The van der Waals surface area contributed by atoms with E-state index in [0.29, 0.717) is 0 Å². The maximum absolute atomic E-state index is 4.68. The van der Waals surface area contributed by atoms with E-state index in [1.807, 2.05) is 35.0 Å². The third kappa shape index (κ3) is 3.35. The Kier molecular flexibility index (Phi) is 4.12.